The molecule has 8 heteroatoms. The van der Waals surface area contributed by atoms with E-state index in [0.29, 0.717) is 23.3 Å². The fraction of sp³-hybridized carbons (Fsp3) is 0.172. The zero-order valence-corrected chi connectivity index (χ0v) is 41.2. The number of aryl methyl sites for hydroxylation is 4. The largest absolute Gasteiger partial charge is 0.455 e. The van der Waals surface area contributed by atoms with Gasteiger partial charge in [-0.2, -0.15) is 0 Å². The van der Waals surface area contributed by atoms with Crippen LogP contribution in [0.5, 0.6) is 0 Å². The predicted molar refractivity (Wildman–Crippen MR) is 296 cm³/mol. The van der Waals surface area contributed by atoms with E-state index in [1.54, 1.807) is 0 Å². The second-order valence-electron chi connectivity index (χ2n) is 19.2. The molecule has 8 nitrogen and oxygen atoms in total. The molecule has 352 valence electrons. The molecular formula is C64H55N7O. The number of para-hydroxylation sites is 2. The van der Waals surface area contributed by atoms with E-state index in [0.717, 1.165) is 127 Å². The van der Waals surface area contributed by atoms with Crippen LogP contribution in [-0.4, -0.2) is 31.2 Å². The normalized spacial score (nSPS) is 13.8. The maximum absolute atomic E-state index is 6.75. The Hall–Kier alpha value is -8.49. The van der Waals surface area contributed by atoms with Gasteiger partial charge < -0.3 is 14.3 Å². The van der Waals surface area contributed by atoms with Crippen LogP contribution in [0.1, 0.15) is 84.6 Å². The van der Waals surface area contributed by atoms with E-state index in [9.17, 15) is 0 Å². The summed E-state index contributed by atoms with van der Waals surface area (Å²) in [5.41, 5.74) is 15.3. The molecule has 0 amide bonds. The molecule has 12 rings (SSSR count). The fourth-order valence-corrected chi connectivity index (χ4v) is 10.5. The van der Waals surface area contributed by atoms with Gasteiger partial charge in [0.15, 0.2) is 23.3 Å². The third-order valence-electron chi connectivity index (χ3n) is 13.9. The number of hydrogen-bond acceptors (Lipinski definition) is 7. The Balaban J connectivity index is 1.11. The number of benzene rings is 8. The van der Waals surface area contributed by atoms with Gasteiger partial charge in [0.05, 0.1) is 22.1 Å². The first-order valence-corrected chi connectivity index (χ1v) is 25.4. The quantitative estimate of drug-likeness (QED) is 0.124. The van der Waals surface area contributed by atoms with Crippen molar-refractivity contribution in [2.45, 2.75) is 72.4 Å². The van der Waals surface area contributed by atoms with Crippen LogP contribution >= 0.6 is 0 Å². The molecule has 0 spiro atoms. The summed E-state index contributed by atoms with van der Waals surface area (Å²) in [4.78, 5) is 26.7. The summed E-state index contributed by atoms with van der Waals surface area (Å²) in [7, 11) is 0. The first kappa shape index (κ1) is 44.7. The molecule has 0 bridgehead atoms. The highest BCUT2D eigenvalue weighted by Crippen LogP contribution is 2.42. The molecule has 0 aliphatic carbocycles. The Kier molecular flexibility index (Phi) is 11.8. The van der Waals surface area contributed by atoms with Gasteiger partial charge in [-0.1, -0.05) is 159 Å². The molecule has 0 saturated carbocycles. The molecule has 1 N–H and O–H groups in total. The van der Waals surface area contributed by atoms with E-state index in [4.69, 9.17) is 29.4 Å². The van der Waals surface area contributed by atoms with Crippen molar-refractivity contribution in [1.82, 2.24) is 24.8 Å². The summed E-state index contributed by atoms with van der Waals surface area (Å²) in [6.07, 6.45) is 6.16. The standard InChI is InChI=1S/C64H55N7O/c1-5-7-19-42-33-40(3)35-47(37-42)62-66-61(67-63(68-62)48-36-41(4)34-43(38-48)20-8-6-2)46-29-31-54(52(39-46)64-69-59(44-21-11-9-12-22-44)65-60(70-64)45-23-13-10-14-24-45)71-53-27-17-15-26-51(53)57-55(71)32-30-50-49-25-16-18-28-56(49)72-58(50)57/h9-18,21-39,62H,5-8,19-20H2,1-4H3,(H,66,67,68). The number of hydrogen-bond donors (Lipinski definition) is 1. The number of furan rings is 1. The van der Waals surface area contributed by atoms with Crippen molar-refractivity contribution in [1.29, 1.82) is 0 Å². The maximum Gasteiger partial charge on any atom is 0.166 e. The van der Waals surface area contributed by atoms with Gasteiger partial charge in [-0.05, 0) is 111 Å². The first-order valence-electron chi connectivity index (χ1n) is 25.4. The van der Waals surface area contributed by atoms with Crippen LogP contribution in [-0.2, 0) is 12.8 Å². The van der Waals surface area contributed by atoms with Crippen molar-refractivity contribution in [3.8, 4) is 39.9 Å². The van der Waals surface area contributed by atoms with Crippen LogP contribution in [0.15, 0.2) is 190 Å². The summed E-state index contributed by atoms with van der Waals surface area (Å²) in [6.45, 7) is 8.85. The summed E-state index contributed by atoms with van der Waals surface area (Å²) < 4.78 is 9.08. The molecule has 1 unspecified atom stereocenters. The Bertz CT molecular complexity index is 3840. The zero-order chi connectivity index (χ0) is 48.7. The number of amidine groups is 2. The van der Waals surface area contributed by atoms with Crippen molar-refractivity contribution in [2.75, 3.05) is 0 Å². The fourth-order valence-electron chi connectivity index (χ4n) is 10.5. The van der Waals surface area contributed by atoms with E-state index < -0.39 is 0 Å². The second kappa shape index (κ2) is 19.0. The van der Waals surface area contributed by atoms with Crippen LogP contribution < -0.4 is 5.32 Å². The number of rotatable bonds is 13. The van der Waals surface area contributed by atoms with Gasteiger partial charge in [0, 0.05) is 44.0 Å². The van der Waals surface area contributed by atoms with Crippen molar-refractivity contribution < 1.29 is 4.42 Å². The predicted octanol–water partition coefficient (Wildman–Crippen LogP) is 15.7. The summed E-state index contributed by atoms with van der Waals surface area (Å²) in [5.74, 6) is 3.13. The highest BCUT2D eigenvalue weighted by Gasteiger charge is 2.26. The van der Waals surface area contributed by atoms with Crippen LogP contribution in [0, 0.1) is 13.8 Å². The third-order valence-corrected chi connectivity index (χ3v) is 13.9. The number of nitrogens with zero attached hydrogens (tertiary/aromatic N) is 6. The minimum atomic E-state index is -0.384. The van der Waals surface area contributed by atoms with Crippen molar-refractivity contribution in [2.24, 2.45) is 9.98 Å². The number of unbranched alkanes of at least 4 members (excludes halogenated alkanes) is 2. The minimum Gasteiger partial charge on any atom is -0.455 e. The van der Waals surface area contributed by atoms with Gasteiger partial charge in [0.25, 0.3) is 0 Å². The average molecular weight is 938 g/mol. The van der Waals surface area contributed by atoms with Gasteiger partial charge in [0.2, 0.25) is 0 Å². The Morgan fingerprint density at radius 3 is 1.89 bits per heavy atom. The lowest BCUT2D eigenvalue weighted by molar-refractivity contribution is 0.671. The number of fused-ring (bicyclic) bond motifs is 7. The number of aromatic nitrogens is 4. The van der Waals surface area contributed by atoms with Crippen LogP contribution in [0.4, 0.5) is 0 Å². The lowest BCUT2D eigenvalue weighted by atomic mass is 9.99. The molecule has 1 atom stereocenters. The topological polar surface area (TPSA) is 93.5 Å². The molecule has 72 heavy (non-hydrogen) atoms. The smallest absolute Gasteiger partial charge is 0.166 e. The highest BCUT2D eigenvalue weighted by molar-refractivity contribution is 6.24. The minimum absolute atomic E-state index is 0.384. The molecule has 11 aromatic rings. The SMILES string of the molecule is CCCCc1cc(C)cc(C2=NC(c3cc(C)cc(CCCC)c3)NC(c3ccc(-n4c5ccccc5c5c6oc7ccccc7c6ccc54)c(-c4nc(-c5ccccc5)nc(-c5ccccc5)n4)c3)=N2)c1. The van der Waals surface area contributed by atoms with Gasteiger partial charge in [-0.25, -0.2) is 24.9 Å². The van der Waals surface area contributed by atoms with E-state index >= 15 is 0 Å². The average Bonchev–Trinajstić information content (AvgIpc) is 3.97. The molecule has 3 aromatic heterocycles. The van der Waals surface area contributed by atoms with E-state index in [1.807, 2.05) is 48.5 Å². The van der Waals surface area contributed by atoms with Gasteiger partial charge >= 0.3 is 0 Å². The number of aliphatic imine (C=N–C) groups is 2. The van der Waals surface area contributed by atoms with Gasteiger partial charge in [-0.3, -0.25) is 0 Å². The summed E-state index contributed by atoms with van der Waals surface area (Å²) in [5, 5.41) is 8.17. The zero-order valence-electron chi connectivity index (χ0n) is 41.2. The highest BCUT2D eigenvalue weighted by atomic mass is 16.3. The van der Waals surface area contributed by atoms with Crippen molar-refractivity contribution in [3.63, 3.8) is 0 Å². The van der Waals surface area contributed by atoms with Crippen LogP contribution in [0.25, 0.3) is 83.6 Å². The van der Waals surface area contributed by atoms with Gasteiger partial charge in [0.1, 0.15) is 23.2 Å². The molecule has 0 fully saturated rings. The van der Waals surface area contributed by atoms with E-state index in [1.165, 1.54) is 22.3 Å². The third kappa shape index (κ3) is 8.42. The Morgan fingerprint density at radius 1 is 0.528 bits per heavy atom. The van der Waals surface area contributed by atoms with Gasteiger partial charge in [-0.15, -0.1) is 0 Å². The number of nitrogens with one attached hydrogen (secondary N) is 1. The van der Waals surface area contributed by atoms with E-state index in [2.05, 4.69) is 165 Å². The summed E-state index contributed by atoms with van der Waals surface area (Å²) in [6, 6.07) is 61.9. The van der Waals surface area contributed by atoms with Crippen LogP contribution in [0.2, 0.25) is 0 Å². The van der Waals surface area contributed by atoms with Crippen LogP contribution in [0.3, 0.4) is 0 Å². The monoisotopic (exact) mass is 937 g/mol. The Labute approximate surface area is 419 Å². The summed E-state index contributed by atoms with van der Waals surface area (Å²) >= 11 is 0. The second-order valence-corrected chi connectivity index (χ2v) is 19.2. The molecule has 8 aromatic carbocycles. The molecule has 4 heterocycles. The first-order chi connectivity index (χ1) is 35.4. The maximum atomic E-state index is 6.75. The Morgan fingerprint density at radius 2 is 1.17 bits per heavy atom. The lowest BCUT2D eigenvalue weighted by Gasteiger charge is -2.25. The van der Waals surface area contributed by atoms with E-state index in [-0.39, 0.29) is 6.17 Å². The molecule has 0 radical (unpaired) electrons. The molecule has 1 aliphatic rings. The van der Waals surface area contributed by atoms with Crippen molar-refractivity contribution >= 4 is 55.4 Å². The molecule has 1 aliphatic heterocycles. The molecular weight excluding hydrogens is 883 g/mol. The lowest BCUT2D eigenvalue weighted by Crippen LogP contribution is -2.33. The van der Waals surface area contributed by atoms with Crippen molar-refractivity contribution in [3.05, 3.63) is 215 Å². The molecule has 0 saturated heterocycles.